The summed E-state index contributed by atoms with van der Waals surface area (Å²) >= 11 is 0. The Morgan fingerprint density at radius 1 is 1.28 bits per heavy atom. The van der Waals surface area contributed by atoms with Gasteiger partial charge in [0, 0.05) is 22.8 Å². The highest BCUT2D eigenvalue weighted by Gasteiger charge is 2.12. The van der Waals surface area contributed by atoms with Crippen LogP contribution in [0.15, 0.2) is 42.2 Å². The summed E-state index contributed by atoms with van der Waals surface area (Å²) in [5.41, 5.74) is 8.46. The number of rotatable bonds is 3. The van der Waals surface area contributed by atoms with E-state index in [1.54, 1.807) is 6.20 Å². The van der Waals surface area contributed by atoms with Crippen LogP contribution >= 0.6 is 0 Å². The van der Waals surface area contributed by atoms with Crippen LogP contribution < -0.4 is 10.9 Å². The molecule has 1 amide bonds. The predicted molar refractivity (Wildman–Crippen MR) is 70.8 cm³/mol. The molecule has 0 spiro atoms. The van der Waals surface area contributed by atoms with Gasteiger partial charge in [-0.25, -0.2) is 0 Å². The summed E-state index contributed by atoms with van der Waals surface area (Å²) in [5.74, 6) is -0.111. The van der Waals surface area contributed by atoms with Crippen molar-refractivity contribution >= 4 is 16.8 Å². The number of hydrazine groups is 1. The second-order valence-electron chi connectivity index (χ2n) is 4.45. The zero-order chi connectivity index (χ0) is 12.4. The smallest absolute Gasteiger partial charge is 0.271 e. The Hall–Kier alpha value is -2.23. The van der Waals surface area contributed by atoms with Crippen molar-refractivity contribution in [2.24, 2.45) is 0 Å². The number of hydrogen-bond acceptors (Lipinski definition) is 2. The van der Waals surface area contributed by atoms with Crippen LogP contribution in [0.4, 0.5) is 0 Å². The van der Waals surface area contributed by atoms with Crippen LogP contribution in [-0.2, 0) is 0 Å². The van der Waals surface area contributed by atoms with Gasteiger partial charge >= 0.3 is 0 Å². The molecule has 92 valence electrons. The fourth-order valence-electron chi connectivity index (χ4n) is 2.25. The van der Waals surface area contributed by atoms with Gasteiger partial charge in [-0.1, -0.05) is 24.3 Å². The Balaban J connectivity index is 1.75. The molecule has 1 aliphatic rings. The summed E-state index contributed by atoms with van der Waals surface area (Å²) in [7, 11) is 0. The number of H-pyrrole nitrogens is 1. The minimum atomic E-state index is -0.111. The molecule has 3 N–H and O–H groups in total. The normalized spacial score (nSPS) is 14.6. The summed E-state index contributed by atoms with van der Waals surface area (Å²) in [6, 6.07) is 7.77. The van der Waals surface area contributed by atoms with Gasteiger partial charge in [-0.05, 0) is 25.3 Å². The first-order valence-electron chi connectivity index (χ1n) is 6.16. The van der Waals surface area contributed by atoms with Crippen LogP contribution in [-0.4, -0.2) is 10.9 Å². The van der Waals surface area contributed by atoms with Crippen molar-refractivity contribution in [1.29, 1.82) is 0 Å². The molecule has 1 heterocycles. The zero-order valence-corrected chi connectivity index (χ0v) is 9.99. The molecule has 0 unspecified atom stereocenters. The second kappa shape index (κ2) is 4.56. The Morgan fingerprint density at radius 3 is 3.00 bits per heavy atom. The quantitative estimate of drug-likeness (QED) is 0.723. The minimum absolute atomic E-state index is 0.111. The number of hydrogen-bond donors (Lipinski definition) is 3. The summed E-state index contributed by atoms with van der Waals surface area (Å²) in [5, 5.41) is 0.942. The molecule has 18 heavy (non-hydrogen) atoms. The van der Waals surface area contributed by atoms with E-state index in [0.717, 1.165) is 35.9 Å². The second-order valence-corrected chi connectivity index (χ2v) is 4.45. The monoisotopic (exact) mass is 241 g/mol. The molecular formula is C14H15N3O. The number of allylic oxidation sites excluding steroid dienone is 2. The first-order valence-corrected chi connectivity index (χ1v) is 6.16. The lowest BCUT2D eigenvalue weighted by Gasteiger charge is -2.08. The molecule has 0 bridgehead atoms. The number of fused-ring (bicyclic) bond motifs is 1. The molecule has 2 aromatic rings. The van der Waals surface area contributed by atoms with Gasteiger partial charge in [0.1, 0.15) is 0 Å². The molecule has 1 aliphatic carbocycles. The molecule has 0 radical (unpaired) electrons. The average Bonchev–Trinajstić information content (AvgIpc) is 3.05. The van der Waals surface area contributed by atoms with E-state index in [9.17, 15) is 4.79 Å². The molecule has 0 aliphatic heterocycles. The Morgan fingerprint density at radius 2 is 2.17 bits per heavy atom. The Kier molecular flexibility index (Phi) is 2.76. The highest BCUT2D eigenvalue weighted by molar-refractivity contribution is 6.06. The molecule has 3 rings (SSSR count). The van der Waals surface area contributed by atoms with E-state index in [4.69, 9.17) is 0 Å². The molecule has 0 saturated heterocycles. The minimum Gasteiger partial charge on any atom is -0.360 e. The van der Waals surface area contributed by atoms with Gasteiger partial charge in [0.05, 0.1) is 5.56 Å². The van der Waals surface area contributed by atoms with Gasteiger partial charge in [-0.15, -0.1) is 0 Å². The largest absolute Gasteiger partial charge is 0.360 e. The molecular weight excluding hydrogens is 226 g/mol. The topological polar surface area (TPSA) is 56.9 Å². The van der Waals surface area contributed by atoms with Crippen molar-refractivity contribution in [3.63, 3.8) is 0 Å². The maximum atomic E-state index is 12.1. The Labute approximate surface area is 105 Å². The van der Waals surface area contributed by atoms with Crippen LogP contribution in [0.3, 0.4) is 0 Å². The van der Waals surface area contributed by atoms with E-state index in [0.29, 0.717) is 5.56 Å². The number of para-hydroxylation sites is 1. The van der Waals surface area contributed by atoms with E-state index < -0.39 is 0 Å². The zero-order valence-electron chi connectivity index (χ0n) is 9.99. The third-order valence-electron chi connectivity index (χ3n) is 3.21. The maximum Gasteiger partial charge on any atom is 0.271 e. The summed E-state index contributed by atoms with van der Waals surface area (Å²) < 4.78 is 0. The maximum absolute atomic E-state index is 12.1. The number of aromatic nitrogens is 1. The highest BCUT2D eigenvalue weighted by Crippen LogP contribution is 2.17. The fraction of sp³-hybridized carbons (Fsp3) is 0.214. The summed E-state index contributed by atoms with van der Waals surface area (Å²) in [4.78, 5) is 15.1. The van der Waals surface area contributed by atoms with Gasteiger partial charge in [0.15, 0.2) is 0 Å². The standard InChI is InChI=1S/C14H15N3O/c18-14(17-16-10-5-1-2-6-10)12-9-15-13-8-4-3-7-11(12)13/h3-5,7-9,15-16H,1-2,6H2,(H,17,18). The third kappa shape index (κ3) is 1.97. The van der Waals surface area contributed by atoms with Crippen molar-refractivity contribution in [2.75, 3.05) is 0 Å². The van der Waals surface area contributed by atoms with E-state index in [1.807, 2.05) is 24.3 Å². The SMILES string of the molecule is O=C(NNC1=CCCC1)c1c[nH]c2ccccc12. The van der Waals surface area contributed by atoms with Crippen molar-refractivity contribution in [3.05, 3.63) is 47.8 Å². The molecule has 4 nitrogen and oxygen atoms in total. The van der Waals surface area contributed by atoms with Gasteiger partial charge < -0.3 is 10.4 Å². The molecule has 0 atom stereocenters. The molecule has 0 fully saturated rings. The average molecular weight is 241 g/mol. The molecule has 4 heteroatoms. The van der Waals surface area contributed by atoms with Crippen LogP contribution in [0.2, 0.25) is 0 Å². The number of aromatic amines is 1. The fourth-order valence-corrected chi connectivity index (χ4v) is 2.25. The van der Waals surface area contributed by atoms with E-state index in [2.05, 4.69) is 21.9 Å². The Bertz CT molecular complexity index is 612. The molecule has 0 saturated carbocycles. The lowest BCUT2D eigenvalue weighted by molar-refractivity contribution is 0.0940. The van der Waals surface area contributed by atoms with E-state index in [1.165, 1.54) is 0 Å². The number of amides is 1. The van der Waals surface area contributed by atoms with Crippen LogP contribution in [0.5, 0.6) is 0 Å². The number of nitrogens with one attached hydrogen (secondary N) is 3. The van der Waals surface area contributed by atoms with Gasteiger partial charge in [0.2, 0.25) is 0 Å². The number of carbonyl (C=O) groups excluding carboxylic acids is 1. The van der Waals surface area contributed by atoms with Gasteiger partial charge in [0.25, 0.3) is 5.91 Å². The predicted octanol–water partition coefficient (Wildman–Crippen LogP) is 2.47. The van der Waals surface area contributed by atoms with Crippen molar-refractivity contribution in [2.45, 2.75) is 19.3 Å². The van der Waals surface area contributed by atoms with Crippen LogP contribution in [0, 0.1) is 0 Å². The van der Waals surface area contributed by atoms with Crippen molar-refractivity contribution in [1.82, 2.24) is 15.8 Å². The molecule has 1 aromatic carbocycles. The first-order chi connectivity index (χ1) is 8.84. The van der Waals surface area contributed by atoms with Crippen molar-refractivity contribution < 1.29 is 4.79 Å². The number of benzene rings is 1. The van der Waals surface area contributed by atoms with Crippen LogP contribution in [0.25, 0.3) is 10.9 Å². The summed E-state index contributed by atoms with van der Waals surface area (Å²) in [6.07, 6.45) is 7.12. The lowest BCUT2D eigenvalue weighted by Crippen LogP contribution is -2.36. The first kappa shape index (κ1) is 10.9. The molecule has 1 aromatic heterocycles. The van der Waals surface area contributed by atoms with Gasteiger partial charge in [-0.2, -0.15) is 0 Å². The van der Waals surface area contributed by atoms with Gasteiger partial charge in [-0.3, -0.25) is 10.2 Å². The highest BCUT2D eigenvalue weighted by atomic mass is 16.2. The lowest BCUT2D eigenvalue weighted by atomic mass is 10.2. The van der Waals surface area contributed by atoms with Crippen LogP contribution in [0.1, 0.15) is 29.6 Å². The van der Waals surface area contributed by atoms with Crippen molar-refractivity contribution in [3.8, 4) is 0 Å². The van der Waals surface area contributed by atoms with E-state index in [-0.39, 0.29) is 5.91 Å². The summed E-state index contributed by atoms with van der Waals surface area (Å²) in [6.45, 7) is 0. The number of carbonyl (C=O) groups is 1. The third-order valence-corrected chi connectivity index (χ3v) is 3.21. The van der Waals surface area contributed by atoms with E-state index >= 15 is 0 Å².